The smallest absolute Gasteiger partial charge is 0.322 e. The van der Waals surface area contributed by atoms with Crippen LogP contribution in [0.1, 0.15) is 31.2 Å². The van der Waals surface area contributed by atoms with Gasteiger partial charge in [0.2, 0.25) is 5.95 Å². The lowest BCUT2D eigenvalue weighted by Gasteiger charge is -2.48. The lowest BCUT2D eigenvalue weighted by molar-refractivity contribution is 0.0658. The number of hydrogen-bond acceptors (Lipinski definition) is 6. The molecule has 2 amide bonds. The van der Waals surface area contributed by atoms with Crippen LogP contribution >= 0.6 is 0 Å². The zero-order valence-electron chi connectivity index (χ0n) is 20.0. The van der Waals surface area contributed by atoms with Crippen LogP contribution in [0.25, 0.3) is 0 Å². The Morgan fingerprint density at radius 1 is 0.939 bits per heavy atom. The monoisotopic (exact) mass is 449 g/mol. The van der Waals surface area contributed by atoms with Crippen LogP contribution in [0.3, 0.4) is 0 Å². The second kappa shape index (κ2) is 8.57. The number of aromatic nitrogens is 2. The predicted molar refractivity (Wildman–Crippen MR) is 131 cm³/mol. The molecule has 8 nitrogen and oxygen atoms in total. The number of likely N-dealkylation sites (N-methyl/N-ethyl adjacent to an activating group) is 1. The number of benzene rings is 1. The van der Waals surface area contributed by atoms with Crippen molar-refractivity contribution in [2.24, 2.45) is 0 Å². The quantitative estimate of drug-likeness (QED) is 0.774. The van der Waals surface area contributed by atoms with Crippen molar-refractivity contribution < 1.29 is 4.79 Å². The Balaban J connectivity index is 1.28. The van der Waals surface area contributed by atoms with Crippen LogP contribution in [-0.2, 0) is 5.54 Å². The van der Waals surface area contributed by atoms with Crippen molar-refractivity contribution in [3.63, 3.8) is 0 Å². The first-order valence-electron chi connectivity index (χ1n) is 12.0. The molecule has 2 aromatic rings. The molecular weight excluding hydrogens is 414 g/mol. The largest absolute Gasteiger partial charge is 0.338 e. The number of piperazine rings is 1. The van der Waals surface area contributed by atoms with Gasteiger partial charge in [0.25, 0.3) is 0 Å². The molecule has 3 heterocycles. The minimum Gasteiger partial charge on any atom is -0.338 e. The Morgan fingerprint density at radius 2 is 1.58 bits per heavy atom. The zero-order valence-corrected chi connectivity index (χ0v) is 20.0. The molecule has 176 valence electrons. The highest BCUT2D eigenvalue weighted by atomic mass is 16.2. The molecular formula is C25H35N7O. The summed E-state index contributed by atoms with van der Waals surface area (Å²) in [5.74, 6) is 0.748. The van der Waals surface area contributed by atoms with E-state index in [4.69, 9.17) is 0 Å². The van der Waals surface area contributed by atoms with Crippen molar-refractivity contribution in [3.8, 4) is 0 Å². The van der Waals surface area contributed by atoms with Gasteiger partial charge in [0.1, 0.15) is 0 Å². The third-order valence-electron chi connectivity index (χ3n) is 8.00. The van der Waals surface area contributed by atoms with Gasteiger partial charge in [0.15, 0.2) is 0 Å². The average molecular weight is 450 g/mol. The summed E-state index contributed by atoms with van der Waals surface area (Å²) >= 11 is 0. The van der Waals surface area contributed by atoms with Gasteiger partial charge in [-0.1, -0.05) is 30.3 Å². The summed E-state index contributed by atoms with van der Waals surface area (Å²) in [7, 11) is 6.48. The maximum atomic E-state index is 13.0. The van der Waals surface area contributed by atoms with Crippen LogP contribution in [0.4, 0.5) is 16.4 Å². The Bertz CT molecular complexity index is 962. The average Bonchev–Trinajstić information content (AvgIpc) is 3.16. The third kappa shape index (κ3) is 4.06. The van der Waals surface area contributed by atoms with Gasteiger partial charge < -0.3 is 15.1 Å². The van der Waals surface area contributed by atoms with Crippen LogP contribution in [0, 0.1) is 0 Å². The number of nitrogens with zero attached hydrogens (tertiary/aromatic N) is 6. The standard InChI is InChI=1S/C25H35N7O/c1-29(2)25(20-7-5-4-6-8-20)11-9-24(10-12-25)19-32(23(33)28-24)21-17-26-22(27-18-21)31-15-13-30(3)14-16-31/h4-8,17-18H,9-16,19H2,1-3H3,(H,28,33)/t24-,25-. The Labute approximate surface area is 196 Å². The van der Waals surface area contributed by atoms with Gasteiger partial charge in [-0.15, -0.1) is 0 Å². The molecule has 1 aliphatic carbocycles. The molecule has 0 unspecified atom stereocenters. The number of carbonyl (C=O) groups excluding carboxylic acids is 1. The molecule has 3 fully saturated rings. The number of anilines is 2. The van der Waals surface area contributed by atoms with E-state index in [1.54, 1.807) is 12.4 Å². The summed E-state index contributed by atoms with van der Waals surface area (Å²) in [6, 6.07) is 10.7. The molecule has 1 aromatic heterocycles. The first-order chi connectivity index (χ1) is 15.9. The Hall–Kier alpha value is -2.71. The molecule has 2 saturated heterocycles. The van der Waals surface area contributed by atoms with Crippen LogP contribution in [-0.4, -0.2) is 85.2 Å². The molecule has 0 radical (unpaired) electrons. The van der Waals surface area contributed by atoms with E-state index in [2.05, 4.69) is 81.5 Å². The number of amides is 2. The first-order valence-corrected chi connectivity index (χ1v) is 12.0. The Kier molecular flexibility index (Phi) is 5.74. The molecule has 1 saturated carbocycles. The van der Waals surface area contributed by atoms with Crippen molar-refractivity contribution in [3.05, 3.63) is 48.3 Å². The molecule has 33 heavy (non-hydrogen) atoms. The molecule has 8 heteroatoms. The van der Waals surface area contributed by atoms with Gasteiger partial charge >= 0.3 is 6.03 Å². The summed E-state index contributed by atoms with van der Waals surface area (Å²) in [5, 5.41) is 3.33. The van der Waals surface area contributed by atoms with Crippen LogP contribution in [0.15, 0.2) is 42.7 Å². The molecule has 0 atom stereocenters. The van der Waals surface area contributed by atoms with Gasteiger partial charge in [-0.2, -0.15) is 0 Å². The van der Waals surface area contributed by atoms with Crippen molar-refractivity contribution in [2.75, 3.05) is 63.7 Å². The number of nitrogens with one attached hydrogen (secondary N) is 1. The van der Waals surface area contributed by atoms with Crippen molar-refractivity contribution in [2.45, 2.75) is 36.8 Å². The van der Waals surface area contributed by atoms with E-state index in [-0.39, 0.29) is 17.1 Å². The fourth-order valence-electron chi connectivity index (χ4n) is 5.71. The highest BCUT2D eigenvalue weighted by molar-refractivity contribution is 5.95. The van der Waals surface area contributed by atoms with E-state index in [0.717, 1.165) is 63.5 Å². The van der Waals surface area contributed by atoms with E-state index in [1.165, 1.54) is 5.56 Å². The summed E-state index contributed by atoms with van der Waals surface area (Å²) in [6.45, 7) is 4.55. The second-order valence-corrected chi connectivity index (χ2v) is 10.1. The number of hydrogen-bond donors (Lipinski definition) is 1. The van der Waals surface area contributed by atoms with E-state index in [0.29, 0.717) is 6.54 Å². The third-order valence-corrected chi connectivity index (χ3v) is 8.00. The maximum absolute atomic E-state index is 13.0. The lowest BCUT2D eigenvalue weighted by atomic mass is 9.69. The highest BCUT2D eigenvalue weighted by Crippen LogP contribution is 2.46. The van der Waals surface area contributed by atoms with Gasteiger partial charge in [-0.05, 0) is 52.4 Å². The fraction of sp³-hybridized carbons (Fsp3) is 0.560. The first kappa shape index (κ1) is 22.1. The number of rotatable bonds is 4. The van der Waals surface area contributed by atoms with Crippen molar-refractivity contribution in [1.29, 1.82) is 0 Å². The summed E-state index contributed by atoms with van der Waals surface area (Å²) in [6.07, 6.45) is 7.52. The van der Waals surface area contributed by atoms with Gasteiger partial charge in [-0.3, -0.25) is 9.80 Å². The van der Waals surface area contributed by atoms with Crippen LogP contribution < -0.4 is 15.1 Å². The molecule has 1 spiro atoms. The molecule has 1 N–H and O–H groups in total. The molecule has 1 aromatic carbocycles. The van der Waals surface area contributed by atoms with Crippen molar-refractivity contribution >= 4 is 17.7 Å². The fourth-order valence-corrected chi connectivity index (χ4v) is 5.71. The second-order valence-electron chi connectivity index (χ2n) is 10.1. The van der Waals surface area contributed by atoms with E-state index >= 15 is 0 Å². The van der Waals surface area contributed by atoms with Crippen LogP contribution in [0.5, 0.6) is 0 Å². The van der Waals surface area contributed by atoms with Gasteiger partial charge in [0, 0.05) is 31.7 Å². The van der Waals surface area contributed by atoms with E-state index < -0.39 is 0 Å². The summed E-state index contributed by atoms with van der Waals surface area (Å²) in [5.41, 5.74) is 1.95. The maximum Gasteiger partial charge on any atom is 0.322 e. The minimum absolute atomic E-state index is 0.0118. The molecule has 2 aliphatic heterocycles. The molecule has 5 rings (SSSR count). The van der Waals surface area contributed by atoms with Gasteiger partial charge in [-0.25, -0.2) is 14.8 Å². The summed E-state index contributed by atoms with van der Waals surface area (Å²) < 4.78 is 0. The minimum atomic E-state index is -0.193. The van der Waals surface area contributed by atoms with E-state index in [1.807, 2.05) is 4.90 Å². The predicted octanol–water partition coefficient (Wildman–Crippen LogP) is 2.53. The highest BCUT2D eigenvalue weighted by Gasteiger charge is 2.50. The van der Waals surface area contributed by atoms with Crippen LogP contribution in [0.2, 0.25) is 0 Å². The number of carbonyl (C=O) groups is 1. The van der Waals surface area contributed by atoms with Gasteiger partial charge in [0.05, 0.1) is 30.2 Å². The van der Waals surface area contributed by atoms with E-state index in [9.17, 15) is 4.79 Å². The molecule has 0 bridgehead atoms. The zero-order chi connectivity index (χ0) is 23.1. The lowest BCUT2D eigenvalue weighted by Crippen LogP contribution is -2.54. The Morgan fingerprint density at radius 3 is 2.18 bits per heavy atom. The van der Waals surface area contributed by atoms with Crippen molar-refractivity contribution in [1.82, 2.24) is 25.1 Å². The number of urea groups is 1. The topological polar surface area (TPSA) is 67.8 Å². The summed E-state index contributed by atoms with van der Waals surface area (Å²) in [4.78, 5) is 30.9. The SMILES string of the molecule is CN1CCN(c2ncc(N3C[C@]4(CC[C@@](c5ccccc5)(N(C)C)CC4)NC3=O)cn2)CC1. The molecule has 3 aliphatic rings. The normalized spacial score (nSPS) is 28.5.